The third kappa shape index (κ3) is 4.89. The molecule has 2 amide bonds. The number of carbonyl (C=O) groups is 2. The zero-order valence-electron chi connectivity index (χ0n) is 15.9. The summed E-state index contributed by atoms with van der Waals surface area (Å²) >= 11 is 0. The van der Waals surface area contributed by atoms with Crippen LogP contribution in [0.1, 0.15) is 24.8 Å². The summed E-state index contributed by atoms with van der Waals surface area (Å²) in [6, 6.07) is 6.73. The SMILES string of the molecule is NC(=O)C1CCN(C(=O)CCc2ccc(S(=O)(=O)N3CCOCC3)cc2)CC1. The van der Waals surface area contributed by atoms with Crippen LogP contribution in [0.5, 0.6) is 0 Å². The highest BCUT2D eigenvalue weighted by Crippen LogP contribution is 2.20. The first-order valence-corrected chi connectivity index (χ1v) is 11.1. The third-order valence-electron chi connectivity index (χ3n) is 5.41. The van der Waals surface area contributed by atoms with Crippen molar-refractivity contribution >= 4 is 21.8 Å². The van der Waals surface area contributed by atoms with Gasteiger partial charge in [0.25, 0.3) is 0 Å². The Labute approximate surface area is 165 Å². The Hall–Kier alpha value is -1.97. The van der Waals surface area contributed by atoms with Gasteiger partial charge in [-0.25, -0.2) is 8.42 Å². The van der Waals surface area contributed by atoms with Crippen LogP contribution < -0.4 is 5.73 Å². The normalized spacial score (nSPS) is 19.5. The predicted octanol–water partition coefficient (Wildman–Crippen LogP) is 0.364. The van der Waals surface area contributed by atoms with Crippen molar-refractivity contribution in [3.63, 3.8) is 0 Å². The number of morpholine rings is 1. The van der Waals surface area contributed by atoms with Crippen molar-refractivity contribution in [2.45, 2.75) is 30.6 Å². The van der Waals surface area contributed by atoms with E-state index in [-0.39, 0.29) is 22.6 Å². The van der Waals surface area contributed by atoms with Gasteiger partial charge in [0, 0.05) is 38.5 Å². The quantitative estimate of drug-likeness (QED) is 0.730. The molecule has 1 aromatic carbocycles. The van der Waals surface area contributed by atoms with Gasteiger partial charge in [0.2, 0.25) is 21.8 Å². The fourth-order valence-electron chi connectivity index (χ4n) is 3.59. The second-order valence-corrected chi connectivity index (χ2v) is 9.16. The smallest absolute Gasteiger partial charge is 0.243 e. The van der Waals surface area contributed by atoms with Gasteiger partial charge in [0.1, 0.15) is 0 Å². The monoisotopic (exact) mass is 409 g/mol. The van der Waals surface area contributed by atoms with Gasteiger partial charge in [0.15, 0.2) is 0 Å². The van der Waals surface area contributed by atoms with E-state index in [0.29, 0.717) is 65.1 Å². The van der Waals surface area contributed by atoms with Crippen molar-refractivity contribution in [2.75, 3.05) is 39.4 Å². The molecule has 8 nitrogen and oxygen atoms in total. The minimum atomic E-state index is -3.50. The summed E-state index contributed by atoms with van der Waals surface area (Å²) in [7, 11) is -3.50. The Kier molecular flexibility index (Phi) is 6.69. The zero-order valence-corrected chi connectivity index (χ0v) is 16.7. The Morgan fingerprint density at radius 2 is 1.64 bits per heavy atom. The standard InChI is InChI=1S/C19H27N3O5S/c20-19(24)16-7-9-21(10-8-16)18(23)6-3-15-1-4-17(5-2-15)28(25,26)22-11-13-27-14-12-22/h1-2,4-5,16H,3,6-14H2,(H2,20,24). The van der Waals surface area contributed by atoms with Crippen LogP contribution in [0, 0.1) is 5.92 Å². The molecule has 9 heteroatoms. The molecule has 1 aromatic rings. The van der Waals surface area contributed by atoms with Gasteiger partial charge in [-0.1, -0.05) is 12.1 Å². The summed E-state index contributed by atoms with van der Waals surface area (Å²) in [4.78, 5) is 25.6. The maximum atomic E-state index is 12.6. The number of aryl methyl sites for hydroxylation is 1. The average molecular weight is 410 g/mol. The van der Waals surface area contributed by atoms with Gasteiger partial charge in [-0.05, 0) is 37.0 Å². The number of nitrogens with zero attached hydrogens (tertiary/aromatic N) is 2. The second kappa shape index (κ2) is 9.02. The molecule has 28 heavy (non-hydrogen) atoms. The first-order chi connectivity index (χ1) is 13.4. The number of piperidine rings is 1. The number of ether oxygens (including phenoxy) is 1. The molecular weight excluding hydrogens is 382 g/mol. The lowest BCUT2D eigenvalue weighted by Gasteiger charge is -2.30. The van der Waals surface area contributed by atoms with E-state index in [2.05, 4.69) is 0 Å². The van der Waals surface area contributed by atoms with E-state index < -0.39 is 10.0 Å². The molecule has 0 radical (unpaired) electrons. The molecule has 0 unspecified atom stereocenters. The molecule has 154 valence electrons. The summed E-state index contributed by atoms with van der Waals surface area (Å²) in [6.45, 7) is 2.68. The predicted molar refractivity (Wildman–Crippen MR) is 103 cm³/mol. The topological polar surface area (TPSA) is 110 Å². The lowest BCUT2D eigenvalue weighted by molar-refractivity contribution is -0.134. The summed E-state index contributed by atoms with van der Waals surface area (Å²) in [5, 5.41) is 0. The lowest BCUT2D eigenvalue weighted by atomic mass is 9.96. The van der Waals surface area contributed by atoms with E-state index in [1.54, 1.807) is 29.2 Å². The molecule has 0 aromatic heterocycles. The fraction of sp³-hybridized carbons (Fsp3) is 0.579. The van der Waals surface area contributed by atoms with Crippen LogP contribution in [0.25, 0.3) is 0 Å². The molecule has 2 saturated heterocycles. The van der Waals surface area contributed by atoms with Gasteiger partial charge in [-0.2, -0.15) is 4.31 Å². The van der Waals surface area contributed by atoms with E-state index in [1.165, 1.54) is 4.31 Å². The van der Waals surface area contributed by atoms with E-state index in [9.17, 15) is 18.0 Å². The maximum Gasteiger partial charge on any atom is 0.243 e. The highest BCUT2D eigenvalue weighted by Gasteiger charge is 2.27. The third-order valence-corrected chi connectivity index (χ3v) is 7.32. The largest absolute Gasteiger partial charge is 0.379 e. The molecule has 0 saturated carbocycles. The highest BCUT2D eigenvalue weighted by molar-refractivity contribution is 7.89. The van der Waals surface area contributed by atoms with Crippen LogP contribution in [0.15, 0.2) is 29.2 Å². The number of carbonyl (C=O) groups excluding carboxylic acids is 2. The molecule has 2 fully saturated rings. The van der Waals surface area contributed by atoms with Crippen molar-refractivity contribution < 1.29 is 22.7 Å². The molecule has 2 aliphatic rings. The minimum Gasteiger partial charge on any atom is -0.379 e. The van der Waals surface area contributed by atoms with Crippen molar-refractivity contribution in [2.24, 2.45) is 11.7 Å². The van der Waals surface area contributed by atoms with Gasteiger partial charge < -0.3 is 15.4 Å². The first kappa shape index (κ1) is 20.8. The maximum absolute atomic E-state index is 12.6. The Morgan fingerprint density at radius 1 is 1.04 bits per heavy atom. The van der Waals surface area contributed by atoms with Crippen molar-refractivity contribution in [3.05, 3.63) is 29.8 Å². The number of hydrogen-bond acceptors (Lipinski definition) is 5. The summed E-state index contributed by atoms with van der Waals surface area (Å²) in [6.07, 6.45) is 2.15. The Balaban J connectivity index is 1.52. The van der Waals surface area contributed by atoms with E-state index in [4.69, 9.17) is 10.5 Å². The molecule has 2 aliphatic heterocycles. The van der Waals surface area contributed by atoms with Gasteiger partial charge in [0.05, 0.1) is 18.1 Å². The molecular formula is C19H27N3O5S. The number of nitrogens with two attached hydrogens (primary N) is 1. The molecule has 3 rings (SSSR count). The second-order valence-electron chi connectivity index (χ2n) is 7.22. The molecule has 0 atom stereocenters. The summed E-state index contributed by atoms with van der Waals surface area (Å²) in [5.74, 6) is -0.378. The number of hydrogen-bond donors (Lipinski definition) is 1. The van der Waals surface area contributed by atoms with E-state index in [0.717, 1.165) is 5.56 Å². The first-order valence-electron chi connectivity index (χ1n) is 9.62. The van der Waals surface area contributed by atoms with Crippen LogP contribution in [-0.2, 0) is 30.8 Å². The minimum absolute atomic E-state index is 0.0490. The van der Waals surface area contributed by atoms with Crippen LogP contribution in [-0.4, -0.2) is 68.8 Å². The van der Waals surface area contributed by atoms with Crippen molar-refractivity contribution in [1.82, 2.24) is 9.21 Å². The van der Waals surface area contributed by atoms with Crippen LogP contribution in [0.3, 0.4) is 0 Å². The number of likely N-dealkylation sites (tertiary alicyclic amines) is 1. The van der Waals surface area contributed by atoms with Crippen LogP contribution in [0.2, 0.25) is 0 Å². The number of rotatable bonds is 6. The molecule has 2 N–H and O–H groups in total. The summed E-state index contributed by atoms with van der Waals surface area (Å²) < 4.78 is 31.9. The lowest BCUT2D eigenvalue weighted by Crippen LogP contribution is -2.41. The molecule has 2 heterocycles. The van der Waals surface area contributed by atoms with Crippen molar-refractivity contribution in [3.8, 4) is 0 Å². The number of primary amides is 1. The van der Waals surface area contributed by atoms with Gasteiger partial charge in [-0.3, -0.25) is 9.59 Å². The number of sulfonamides is 1. The summed E-state index contributed by atoms with van der Waals surface area (Å²) in [5.41, 5.74) is 6.24. The highest BCUT2D eigenvalue weighted by atomic mass is 32.2. The molecule has 0 bridgehead atoms. The number of amides is 2. The average Bonchev–Trinajstić information content (AvgIpc) is 2.73. The van der Waals surface area contributed by atoms with E-state index >= 15 is 0 Å². The van der Waals surface area contributed by atoms with Gasteiger partial charge >= 0.3 is 0 Å². The van der Waals surface area contributed by atoms with E-state index in [1.807, 2.05) is 0 Å². The van der Waals surface area contributed by atoms with Crippen molar-refractivity contribution in [1.29, 1.82) is 0 Å². The number of benzene rings is 1. The molecule has 0 aliphatic carbocycles. The van der Waals surface area contributed by atoms with Crippen LogP contribution in [0.4, 0.5) is 0 Å². The Bertz CT molecular complexity index is 795. The fourth-order valence-corrected chi connectivity index (χ4v) is 4.99. The van der Waals surface area contributed by atoms with Crippen LogP contribution >= 0.6 is 0 Å². The zero-order chi connectivity index (χ0) is 20.1. The van der Waals surface area contributed by atoms with Gasteiger partial charge in [-0.15, -0.1) is 0 Å². The molecule has 0 spiro atoms. The Morgan fingerprint density at radius 3 is 2.21 bits per heavy atom.